The maximum absolute atomic E-state index is 14.1. The number of nitrogens with one attached hydrogen (secondary N) is 2. The van der Waals surface area contributed by atoms with Crippen molar-refractivity contribution in [2.45, 2.75) is 32.0 Å². The number of carbonyl (C=O) groups excluding carboxylic acids is 1. The molecule has 0 aliphatic rings. The molecule has 0 aromatic heterocycles. The van der Waals surface area contributed by atoms with Crippen molar-refractivity contribution in [3.05, 3.63) is 114 Å². The van der Waals surface area contributed by atoms with E-state index in [0.717, 1.165) is 23.8 Å². The third-order valence-corrected chi connectivity index (χ3v) is 6.19. The number of halogens is 4. The normalized spacial score (nSPS) is 11.9. The molecular formula is C31H26F4N2O4. The molecule has 4 aromatic carbocycles. The van der Waals surface area contributed by atoms with Gasteiger partial charge < -0.3 is 20.5 Å². The van der Waals surface area contributed by atoms with Crippen LogP contribution in [-0.2, 0) is 0 Å². The minimum atomic E-state index is -4.42. The lowest BCUT2D eigenvalue weighted by molar-refractivity contribution is -0.139. The summed E-state index contributed by atoms with van der Waals surface area (Å²) in [7, 11) is 0. The van der Waals surface area contributed by atoms with Gasteiger partial charge in [-0.3, -0.25) is 0 Å². The number of carboxylic acids is 1. The van der Waals surface area contributed by atoms with E-state index >= 15 is 0 Å². The molecule has 3 N–H and O–H groups in total. The fourth-order valence-electron chi connectivity index (χ4n) is 4.17. The lowest BCUT2D eigenvalue weighted by Gasteiger charge is -2.23. The molecule has 0 bridgehead atoms. The highest BCUT2D eigenvalue weighted by Crippen LogP contribution is 2.37. The molecule has 0 saturated heterocycles. The van der Waals surface area contributed by atoms with Crippen molar-refractivity contribution in [2.75, 3.05) is 10.6 Å². The van der Waals surface area contributed by atoms with Crippen LogP contribution in [-0.4, -0.2) is 23.3 Å². The Morgan fingerprint density at radius 3 is 2.27 bits per heavy atom. The van der Waals surface area contributed by atoms with Gasteiger partial charge in [-0.1, -0.05) is 54.1 Å². The Morgan fingerprint density at radius 1 is 0.902 bits per heavy atom. The largest absolute Gasteiger partial charge is 0.484 e. The number of amides is 2. The van der Waals surface area contributed by atoms with Crippen molar-refractivity contribution in [3.63, 3.8) is 0 Å². The standard InChI is InChI=1S/C31H26F4N2O4/c1-19-7-11-23(12-8-19)36-30(40)37-26-17-21(25-18-22(32)10-13-24(25)29(38)39)9-14-28(26)41-27(15-16-31(33,34)35)20-5-3-2-4-6-20/h2-14,17-18,27H,15-16H2,1H3,(H,38,39)(H2,36,37,40). The van der Waals surface area contributed by atoms with Crippen LogP contribution in [0, 0.1) is 12.7 Å². The van der Waals surface area contributed by atoms with Crippen molar-refractivity contribution in [2.24, 2.45) is 0 Å². The van der Waals surface area contributed by atoms with Crippen LogP contribution in [0.15, 0.2) is 91.0 Å². The van der Waals surface area contributed by atoms with Gasteiger partial charge in [-0.25, -0.2) is 14.0 Å². The second-order valence-corrected chi connectivity index (χ2v) is 9.32. The monoisotopic (exact) mass is 566 g/mol. The van der Waals surface area contributed by atoms with E-state index in [2.05, 4.69) is 10.6 Å². The van der Waals surface area contributed by atoms with Crippen LogP contribution < -0.4 is 15.4 Å². The Hall–Kier alpha value is -4.86. The molecule has 6 nitrogen and oxygen atoms in total. The van der Waals surface area contributed by atoms with Gasteiger partial charge in [0.2, 0.25) is 0 Å². The zero-order chi connectivity index (χ0) is 29.6. The first-order valence-electron chi connectivity index (χ1n) is 12.6. The zero-order valence-electron chi connectivity index (χ0n) is 21.8. The smallest absolute Gasteiger partial charge is 0.389 e. The fraction of sp³-hybridized carbons (Fsp3) is 0.161. The van der Waals surface area contributed by atoms with E-state index in [1.54, 1.807) is 54.6 Å². The Balaban J connectivity index is 1.73. The molecule has 4 rings (SSSR count). The number of aryl methyl sites for hydroxylation is 1. The molecule has 0 heterocycles. The van der Waals surface area contributed by atoms with E-state index < -0.39 is 42.9 Å². The van der Waals surface area contributed by atoms with Crippen molar-refractivity contribution >= 4 is 23.4 Å². The van der Waals surface area contributed by atoms with Gasteiger partial charge in [-0.15, -0.1) is 0 Å². The second kappa shape index (κ2) is 12.5. The van der Waals surface area contributed by atoms with Crippen molar-refractivity contribution in [1.29, 1.82) is 0 Å². The number of urea groups is 1. The van der Waals surface area contributed by atoms with E-state index in [-0.39, 0.29) is 28.1 Å². The molecular weight excluding hydrogens is 540 g/mol. The predicted octanol–water partition coefficient (Wildman–Crippen LogP) is 8.61. The molecule has 10 heteroatoms. The Bertz CT molecular complexity index is 1520. The molecule has 1 unspecified atom stereocenters. The molecule has 0 saturated carbocycles. The topological polar surface area (TPSA) is 87.7 Å². The van der Waals surface area contributed by atoms with E-state index in [0.29, 0.717) is 11.3 Å². The van der Waals surface area contributed by atoms with E-state index in [1.807, 2.05) is 6.92 Å². The summed E-state index contributed by atoms with van der Waals surface area (Å²) < 4.78 is 59.6. The third-order valence-electron chi connectivity index (χ3n) is 6.19. The Morgan fingerprint density at radius 2 is 1.61 bits per heavy atom. The van der Waals surface area contributed by atoms with Crippen LogP contribution in [0.3, 0.4) is 0 Å². The number of anilines is 2. The second-order valence-electron chi connectivity index (χ2n) is 9.32. The van der Waals surface area contributed by atoms with Gasteiger partial charge in [-0.2, -0.15) is 13.2 Å². The van der Waals surface area contributed by atoms with Crippen molar-refractivity contribution in [1.82, 2.24) is 0 Å². The first kappa shape index (κ1) is 29.1. The number of rotatable bonds is 9. The molecule has 0 spiro atoms. The molecule has 0 aliphatic carbocycles. The van der Waals surface area contributed by atoms with Crippen molar-refractivity contribution in [3.8, 4) is 16.9 Å². The average Bonchev–Trinajstić information content (AvgIpc) is 2.92. The van der Waals surface area contributed by atoms with Crippen LogP contribution in [0.2, 0.25) is 0 Å². The maximum Gasteiger partial charge on any atom is 0.389 e. The minimum Gasteiger partial charge on any atom is -0.484 e. The van der Waals surface area contributed by atoms with Gasteiger partial charge in [0.05, 0.1) is 11.3 Å². The van der Waals surface area contributed by atoms with E-state index in [9.17, 15) is 32.3 Å². The summed E-state index contributed by atoms with van der Waals surface area (Å²) in [6.07, 6.45) is -6.93. The predicted molar refractivity (Wildman–Crippen MR) is 148 cm³/mol. The number of carbonyl (C=O) groups is 2. The van der Waals surface area contributed by atoms with Crippen molar-refractivity contribution < 1.29 is 37.0 Å². The van der Waals surface area contributed by atoms with Crippen LogP contribution in [0.4, 0.5) is 33.7 Å². The highest BCUT2D eigenvalue weighted by Gasteiger charge is 2.30. The Labute approximate surface area is 233 Å². The summed E-state index contributed by atoms with van der Waals surface area (Å²) in [5.74, 6) is -1.92. The van der Waals surface area contributed by atoms with Gasteiger partial charge in [0, 0.05) is 12.1 Å². The first-order valence-corrected chi connectivity index (χ1v) is 12.6. The molecule has 0 fully saturated rings. The summed E-state index contributed by atoms with van der Waals surface area (Å²) in [4.78, 5) is 24.7. The lowest BCUT2D eigenvalue weighted by atomic mass is 9.98. The van der Waals surface area contributed by atoms with Crippen LogP contribution in [0.25, 0.3) is 11.1 Å². The number of hydrogen-bond acceptors (Lipinski definition) is 3. The van der Waals surface area contributed by atoms with E-state index in [1.165, 1.54) is 18.2 Å². The number of carboxylic acid groups (broad SMARTS) is 1. The molecule has 0 radical (unpaired) electrons. The molecule has 4 aromatic rings. The number of alkyl halides is 3. The third kappa shape index (κ3) is 8.07. The summed E-state index contributed by atoms with van der Waals surface area (Å²) in [6.45, 7) is 1.89. The quantitative estimate of drug-likeness (QED) is 0.177. The van der Waals surface area contributed by atoms with Gasteiger partial charge in [0.1, 0.15) is 17.7 Å². The minimum absolute atomic E-state index is 0.0390. The zero-order valence-corrected chi connectivity index (χ0v) is 21.8. The highest BCUT2D eigenvalue weighted by molar-refractivity contribution is 6.02. The van der Waals surface area contributed by atoms with Crippen LogP contribution in [0.5, 0.6) is 5.75 Å². The number of benzene rings is 4. The molecule has 2 amide bonds. The fourth-order valence-corrected chi connectivity index (χ4v) is 4.17. The molecule has 212 valence electrons. The van der Waals surface area contributed by atoms with Gasteiger partial charge in [-0.05, 0) is 72.5 Å². The summed E-state index contributed by atoms with van der Waals surface area (Å²) in [5.41, 5.74) is 2.11. The van der Waals surface area contributed by atoms with Crippen LogP contribution >= 0.6 is 0 Å². The number of hydrogen-bond donors (Lipinski definition) is 3. The molecule has 1 atom stereocenters. The summed E-state index contributed by atoms with van der Waals surface area (Å²) >= 11 is 0. The first-order chi connectivity index (χ1) is 19.5. The van der Waals surface area contributed by atoms with Gasteiger partial charge in [0.15, 0.2) is 0 Å². The SMILES string of the molecule is Cc1ccc(NC(=O)Nc2cc(-c3cc(F)ccc3C(=O)O)ccc2OC(CCC(F)(F)F)c2ccccc2)cc1. The van der Waals surface area contributed by atoms with Crippen LogP contribution in [0.1, 0.15) is 40.4 Å². The molecule has 41 heavy (non-hydrogen) atoms. The Kier molecular flexibility index (Phi) is 8.91. The van der Waals surface area contributed by atoms with Gasteiger partial charge in [0.25, 0.3) is 0 Å². The number of aromatic carboxylic acids is 1. The van der Waals surface area contributed by atoms with E-state index in [4.69, 9.17) is 4.74 Å². The highest BCUT2D eigenvalue weighted by atomic mass is 19.4. The van der Waals surface area contributed by atoms with Gasteiger partial charge >= 0.3 is 18.2 Å². The molecule has 0 aliphatic heterocycles. The summed E-state index contributed by atoms with van der Waals surface area (Å²) in [5, 5.41) is 14.9. The number of ether oxygens (including phenoxy) is 1. The summed E-state index contributed by atoms with van der Waals surface area (Å²) in [6, 6.07) is 22.1. The average molecular weight is 567 g/mol. The lowest BCUT2D eigenvalue weighted by Crippen LogP contribution is -2.20. The maximum atomic E-state index is 14.1.